The molecule has 0 spiro atoms. The fraction of sp³-hybridized carbons (Fsp3) is 0.381. The van der Waals surface area contributed by atoms with Gasteiger partial charge in [0.25, 0.3) is 5.91 Å². The molecule has 2 aromatic rings. The SMILES string of the molecule is C[C@@H](OC(=O)c1cc(=O)c2ccccc2[nH]1)C(=O)NCCC1=CCCCC1. The number of fused-ring (bicyclic) bond motifs is 1. The van der Waals surface area contributed by atoms with Gasteiger partial charge in [0.2, 0.25) is 0 Å². The van der Waals surface area contributed by atoms with Gasteiger partial charge in [-0.25, -0.2) is 4.79 Å². The first-order chi connectivity index (χ1) is 13.0. The minimum absolute atomic E-state index is 0.0331. The number of hydrogen-bond donors (Lipinski definition) is 2. The number of allylic oxidation sites excluding steroid dienone is 1. The number of aromatic amines is 1. The molecular formula is C21H24N2O4. The van der Waals surface area contributed by atoms with Crippen LogP contribution in [-0.4, -0.2) is 29.5 Å². The normalized spacial score (nSPS) is 15.1. The Bertz CT molecular complexity index is 929. The van der Waals surface area contributed by atoms with E-state index in [1.54, 1.807) is 24.3 Å². The molecule has 1 aliphatic rings. The lowest BCUT2D eigenvalue weighted by atomic mass is 9.97. The third-order valence-electron chi connectivity index (χ3n) is 4.74. The van der Waals surface area contributed by atoms with E-state index < -0.39 is 12.1 Å². The van der Waals surface area contributed by atoms with Crippen molar-refractivity contribution >= 4 is 22.8 Å². The number of esters is 1. The molecule has 1 atom stereocenters. The predicted molar refractivity (Wildman–Crippen MR) is 104 cm³/mol. The van der Waals surface area contributed by atoms with Crippen molar-refractivity contribution in [2.24, 2.45) is 0 Å². The Hall–Kier alpha value is -2.89. The third-order valence-corrected chi connectivity index (χ3v) is 4.74. The largest absolute Gasteiger partial charge is 0.448 e. The summed E-state index contributed by atoms with van der Waals surface area (Å²) in [6, 6.07) is 8.12. The molecule has 6 heteroatoms. The van der Waals surface area contributed by atoms with Crippen LogP contribution in [0.3, 0.4) is 0 Å². The maximum atomic E-state index is 12.3. The number of carbonyl (C=O) groups excluding carboxylic acids is 2. The quantitative estimate of drug-likeness (QED) is 0.606. The van der Waals surface area contributed by atoms with Crippen molar-refractivity contribution in [3.05, 3.63) is 57.9 Å². The van der Waals surface area contributed by atoms with Gasteiger partial charge in [-0.05, 0) is 51.2 Å². The molecule has 0 saturated carbocycles. The van der Waals surface area contributed by atoms with Gasteiger partial charge in [-0.3, -0.25) is 9.59 Å². The van der Waals surface area contributed by atoms with Gasteiger partial charge in [0.15, 0.2) is 11.5 Å². The summed E-state index contributed by atoms with van der Waals surface area (Å²) in [7, 11) is 0. The first-order valence-electron chi connectivity index (χ1n) is 9.33. The molecule has 0 saturated heterocycles. The summed E-state index contributed by atoms with van der Waals surface area (Å²) in [5, 5.41) is 3.30. The second kappa shape index (κ2) is 8.66. The van der Waals surface area contributed by atoms with E-state index in [1.165, 1.54) is 31.4 Å². The molecule has 1 heterocycles. The van der Waals surface area contributed by atoms with Crippen LogP contribution in [0, 0.1) is 0 Å². The number of nitrogens with one attached hydrogen (secondary N) is 2. The molecule has 0 radical (unpaired) electrons. The van der Waals surface area contributed by atoms with E-state index in [4.69, 9.17) is 4.74 Å². The number of carbonyl (C=O) groups is 2. The van der Waals surface area contributed by atoms with Crippen LogP contribution >= 0.6 is 0 Å². The van der Waals surface area contributed by atoms with Gasteiger partial charge in [0.05, 0.1) is 0 Å². The number of ether oxygens (including phenoxy) is 1. The fourth-order valence-corrected chi connectivity index (χ4v) is 3.21. The van der Waals surface area contributed by atoms with Gasteiger partial charge < -0.3 is 15.0 Å². The Balaban J connectivity index is 1.56. The highest BCUT2D eigenvalue weighted by atomic mass is 16.5. The lowest BCUT2D eigenvalue weighted by Crippen LogP contribution is -2.36. The monoisotopic (exact) mass is 368 g/mol. The highest BCUT2D eigenvalue weighted by Gasteiger charge is 2.20. The van der Waals surface area contributed by atoms with Crippen LogP contribution in [0.25, 0.3) is 10.9 Å². The van der Waals surface area contributed by atoms with Crippen molar-refractivity contribution in [2.75, 3.05) is 6.54 Å². The number of para-hydroxylation sites is 1. The van der Waals surface area contributed by atoms with E-state index in [9.17, 15) is 14.4 Å². The highest BCUT2D eigenvalue weighted by Crippen LogP contribution is 2.19. The first kappa shape index (κ1) is 18.9. The van der Waals surface area contributed by atoms with Crippen LogP contribution in [0.1, 0.15) is 49.5 Å². The molecule has 1 aromatic heterocycles. The third kappa shape index (κ3) is 4.84. The van der Waals surface area contributed by atoms with Crippen LogP contribution in [-0.2, 0) is 9.53 Å². The molecule has 2 N–H and O–H groups in total. The molecule has 0 fully saturated rings. The molecule has 3 rings (SSSR count). The number of amides is 1. The zero-order valence-electron chi connectivity index (χ0n) is 15.4. The summed E-state index contributed by atoms with van der Waals surface area (Å²) in [6.45, 7) is 2.05. The van der Waals surface area contributed by atoms with Gasteiger partial charge in [-0.1, -0.05) is 23.8 Å². The van der Waals surface area contributed by atoms with Crippen LogP contribution in [0.4, 0.5) is 0 Å². The van der Waals surface area contributed by atoms with Gasteiger partial charge in [-0.15, -0.1) is 0 Å². The van der Waals surface area contributed by atoms with Crippen molar-refractivity contribution < 1.29 is 14.3 Å². The number of benzene rings is 1. The topological polar surface area (TPSA) is 88.3 Å². The first-order valence-corrected chi connectivity index (χ1v) is 9.33. The lowest BCUT2D eigenvalue weighted by Gasteiger charge is -2.15. The van der Waals surface area contributed by atoms with Crippen molar-refractivity contribution in [2.45, 2.75) is 45.1 Å². The molecule has 27 heavy (non-hydrogen) atoms. The number of rotatable bonds is 6. The van der Waals surface area contributed by atoms with Crippen LogP contribution in [0.2, 0.25) is 0 Å². The molecule has 0 bridgehead atoms. The van der Waals surface area contributed by atoms with Gasteiger partial charge in [0.1, 0.15) is 5.69 Å². The average molecular weight is 368 g/mol. The van der Waals surface area contributed by atoms with Gasteiger partial charge >= 0.3 is 5.97 Å². The van der Waals surface area contributed by atoms with E-state index >= 15 is 0 Å². The smallest absolute Gasteiger partial charge is 0.355 e. The molecule has 1 aliphatic carbocycles. The van der Waals surface area contributed by atoms with E-state index in [1.807, 2.05) is 0 Å². The Morgan fingerprint density at radius 1 is 1.26 bits per heavy atom. The van der Waals surface area contributed by atoms with E-state index in [2.05, 4.69) is 16.4 Å². The molecule has 0 unspecified atom stereocenters. The van der Waals surface area contributed by atoms with Gasteiger partial charge in [-0.2, -0.15) is 0 Å². The van der Waals surface area contributed by atoms with Crippen LogP contribution < -0.4 is 10.7 Å². The maximum absolute atomic E-state index is 12.3. The summed E-state index contributed by atoms with van der Waals surface area (Å²) >= 11 is 0. The van der Waals surface area contributed by atoms with Crippen LogP contribution in [0.15, 0.2) is 46.8 Å². The maximum Gasteiger partial charge on any atom is 0.355 e. The Kier molecular flexibility index (Phi) is 6.06. The summed E-state index contributed by atoms with van der Waals surface area (Å²) in [5.74, 6) is -1.07. The van der Waals surface area contributed by atoms with Crippen molar-refractivity contribution in [1.82, 2.24) is 10.3 Å². The minimum atomic E-state index is -0.937. The van der Waals surface area contributed by atoms with Crippen molar-refractivity contribution in [3.8, 4) is 0 Å². The minimum Gasteiger partial charge on any atom is -0.448 e. The second-order valence-corrected chi connectivity index (χ2v) is 6.79. The van der Waals surface area contributed by atoms with Gasteiger partial charge in [0, 0.05) is 23.5 Å². The Morgan fingerprint density at radius 3 is 2.85 bits per heavy atom. The Morgan fingerprint density at radius 2 is 2.07 bits per heavy atom. The highest BCUT2D eigenvalue weighted by molar-refractivity contribution is 5.93. The van der Waals surface area contributed by atoms with Crippen molar-refractivity contribution in [1.29, 1.82) is 0 Å². The van der Waals surface area contributed by atoms with Crippen LogP contribution in [0.5, 0.6) is 0 Å². The summed E-state index contributed by atoms with van der Waals surface area (Å²) < 4.78 is 5.21. The summed E-state index contributed by atoms with van der Waals surface area (Å²) in [5.41, 5.74) is 1.69. The van der Waals surface area contributed by atoms with E-state index in [0.717, 1.165) is 19.3 Å². The molecule has 6 nitrogen and oxygen atoms in total. The predicted octanol–water partition coefficient (Wildman–Crippen LogP) is 3.08. The fourth-order valence-electron chi connectivity index (χ4n) is 3.21. The molecule has 1 amide bonds. The van der Waals surface area contributed by atoms with Crippen molar-refractivity contribution in [3.63, 3.8) is 0 Å². The molecule has 142 valence electrons. The number of pyridine rings is 1. The zero-order valence-corrected chi connectivity index (χ0v) is 15.4. The lowest BCUT2D eigenvalue weighted by molar-refractivity contribution is -0.129. The second-order valence-electron chi connectivity index (χ2n) is 6.79. The summed E-state index contributed by atoms with van der Waals surface area (Å²) in [4.78, 5) is 39.4. The summed E-state index contributed by atoms with van der Waals surface area (Å²) in [6.07, 6.45) is 6.78. The standard InChI is InChI=1S/C21H24N2O4/c1-14(20(25)22-12-11-15-7-3-2-4-8-15)27-21(26)18-13-19(24)16-9-5-6-10-17(16)23-18/h5-7,9-10,13-14H,2-4,8,11-12H2,1H3,(H,22,25)(H,23,24)/t14-/m1/s1. The Labute approximate surface area is 157 Å². The molecule has 0 aliphatic heterocycles. The number of H-pyrrole nitrogens is 1. The molecule has 1 aromatic carbocycles. The number of hydrogen-bond acceptors (Lipinski definition) is 4. The average Bonchev–Trinajstić information content (AvgIpc) is 2.68. The number of aromatic nitrogens is 1. The van der Waals surface area contributed by atoms with E-state index in [-0.39, 0.29) is 17.0 Å². The van der Waals surface area contributed by atoms with E-state index in [0.29, 0.717) is 17.4 Å². The molecular weight excluding hydrogens is 344 g/mol. The zero-order chi connectivity index (χ0) is 19.2.